The molecule has 2 aliphatic heterocycles. The monoisotopic (exact) mass is 211 g/mol. The van der Waals surface area contributed by atoms with Gasteiger partial charge in [-0.2, -0.15) is 0 Å². The third kappa shape index (κ3) is 1.58. The summed E-state index contributed by atoms with van der Waals surface area (Å²) in [7, 11) is 1.31. The lowest BCUT2D eigenvalue weighted by molar-refractivity contribution is -0.145. The third-order valence-corrected chi connectivity index (χ3v) is 3.07. The fraction of sp³-hybridized carbons (Fsp3) is 0.600. The van der Waals surface area contributed by atoms with Crippen LogP contribution in [0.2, 0.25) is 0 Å². The molecule has 82 valence electrons. The van der Waals surface area contributed by atoms with Gasteiger partial charge in [-0.05, 0) is 12.3 Å². The highest BCUT2D eigenvalue weighted by Crippen LogP contribution is 2.34. The maximum atomic E-state index is 11.4. The minimum atomic E-state index is -0.844. The standard InChI is InChI=1S/C10H13NO4/c1-15-10(14)11-5-6-2-3-8(11)7(4-6)9(12)13/h2-3,6-8H,4-5H2,1H3,(H,12,13)/t6-,7-,8-/m0/s1. The lowest BCUT2D eigenvalue weighted by Crippen LogP contribution is -2.54. The molecule has 3 atom stereocenters. The van der Waals surface area contributed by atoms with Gasteiger partial charge in [0.25, 0.3) is 0 Å². The number of carboxylic acids is 1. The van der Waals surface area contributed by atoms with Crippen LogP contribution in [0.4, 0.5) is 4.79 Å². The lowest BCUT2D eigenvalue weighted by atomic mass is 9.78. The zero-order chi connectivity index (χ0) is 11.0. The van der Waals surface area contributed by atoms with E-state index < -0.39 is 18.0 Å². The zero-order valence-corrected chi connectivity index (χ0v) is 8.42. The van der Waals surface area contributed by atoms with E-state index in [9.17, 15) is 9.59 Å². The fourth-order valence-electron chi connectivity index (χ4n) is 2.34. The number of piperidine rings is 1. The second kappa shape index (κ2) is 3.56. The number of amides is 1. The van der Waals surface area contributed by atoms with Crippen LogP contribution < -0.4 is 0 Å². The number of methoxy groups -OCH3 is 1. The molecular formula is C10H13NO4. The van der Waals surface area contributed by atoms with Crippen molar-refractivity contribution in [3.05, 3.63) is 12.2 Å². The van der Waals surface area contributed by atoms with Crippen LogP contribution in [-0.2, 0) is 9.53 Å². The van der Waals surface area contributed by atoms with Gasteiger partial charge in [-0.25, -0.2) is 4.79 Å². The number of hydrogen-bond acceptors (Lipinski definition) is 3. The van der Waals surface area contributed by atoms with E-state index in [0.29, 0.717) is 13.0 Å². The van der Waals surface area contributed by atoms with E-state index in [4.69, 9.17) is 5.11 Å². The average Bonchev–Trinajstić information content (AvgIpc) is 2.28. The van der Waals surface area contributed by atoms with Crippen molar-refractivity contribution in [3.63, 3.8) is 0 Å². The van der Waals surface area contributed by atoms with E-state index in [2.05, 4.69) is 4.74 Å². The number of carbonyl (C=O) groups is 2. The molecule has 0 radical (unpaired) electrons. The van der Waals surface area contributed by atoms with Crippen LogP contribution in [-0.4, -0.2) is 41.8 Å². The molecule has 0 unspecified atom stereocenters. The molecule has 0 spiro atoms. The molecule has 15 heavy (non-hydrogen) atoms. The summed E-state index contributed by atoms with van der Waals surface area (Å²) in [5.41, 5.74) is 0. The molecule has 1 saturated heterocycles. The summed E-state index contributed by atoms with van der Waals surface area (Å²) in [6.45, 7) is 0.567. The molecular weight excluding hydrogens is 198 g/mol. The van der Waals surface area contributed by atoms with Crippen molar-refractivity contribution in [2.45, 2.75) is 12.5 Å². The molecule has 3 rings (SSSR count). The van der Waals surface area contributed by atoms with Crippen LogP contribution in [0.3, 0.4) is 0 Å². The van der Waals surface area contributed by atoms with E-state index in [1.807, 2.05) is 6.08 Å². The van der Waals surface area contributed by atoms with Crippen LogP contribution in [0.25, 0.3) is 0 Å². The predicted molar refractivity (Wildman–Crippen MR) is 51.3 cm³/mol. The number of carboxylic acid groups (broad SMARTS) is 1. The molecule has 0 saturated carbocycles. The number of ether oxygens (including phenoxy) is 1. The third-order valence-electron chi connectivity index (χ3n) is 3.07. The van der Waals surface area contributed by atoms with Gasteiger partial charge in [-0.15, -0.1) is 0 Å². The van der Waals surface area contributed by atoms with E-state index in [1.54, 1.807) is 6.08 Å². The van der Waals surface area contributed by atoms with Crippen molar-refractivity contribution in [2.75, 3.05) is 13.7 Å². The highest BCUT2D eigenvalue weighted by atomic mass is 16.5. The summed E-state index contributed by atoms with van der Waals surface area (Å²) >= 11 is 0. The second-order valence-corrected chi connectivity index (χ2v) is 3.94. The lowest BCUT2D eigenvalue weighted by Gasteiger charge is -2.43. The number of nitrogens with zero attached hydrogens (tertiary/aromatic N) is 1. The second-order valence-electron chi connectivity index (χ2n) is 3.94. The van der Waals surface area contributed by atoms with Crippen LogP contribution in [0.15, 0.2) is 12.2 Å². The molecule has 5 nitrogen and oxygen atoms in total. The normalized spacial score (nSPS) is 32.9. The van der Waals surface area contributed by atoms with E-state index in [0.717, 1.165) is 0 Å². The maximum absolute atomic E-state index is 11.4. The largest absolute Gasteiger partial charge is 0.481 e. The van der Waals surface area contributed by atoms with Crippen molar-refractivity contribution in [3.8, 4) is 0 Å². The summed E-state index contributed by atoms with van der Waals surface area (Å²) in [6, 6.07) is -0.347. The Morgan fingerprint density at radius 2 is 2.20 bits per heavy atom. The first kappa shape index (κ1) is 10.0. The Labute approximate surface area is 87.3 Å². The average molecular weight is 211 g/mol. The number of rotatable bonds is 1. The summed E-state index contributed by atoms with van der Waals surface area (Å²) in [4.78, 5) is 23.9. The topological polar surface area (TPSA) is 66.8 Å². The van der Waals surface area contributed by atoms with Gasteiger partial charge >= 0.3 is 12.1 Å². The van der Waals surface area contributed by atoms with E-state index >= 15 is 0 Å². The molecule has 1 aliphatic carbocycles. The van der Waals surface area contributed by atoms with Gasteiger partial charge in [0, 0.05) is 6.54 Å². The van der Waals surface area contributed by atoms with Crippen molar-refractivity contribution in [1.82, 2.24) is 4.90 Å². The van der Waals surface area contributed by atoms with Gasteiger partial charge in [0.2, 0.25) is 0 Å². The number of hydrogen-bond donors (Lipinski definition) is 1. The molecule has 2 bridgehead atoms. The van der Waals surface area contributed by atoms with Crippen molar-refractivity contribution in [2.24, 2.45) is 11.8 Å². The van der Waals surface area contributed by atoms with E-state index in [1.165, 1.54) is 12.0 Å². The zero-order valence-electron chi connectivity index (χ0n) is 8.42. The number of aliphatic carboxylic acids is 1. The first-order valence-corrected chi connectivity index (χ1v) is 4.89. The van der Waals surface area contributed by atoms with E-state index in [-0.39, 0.29) is 12.0 Å². The highest BCUT2D eigenvalue weighted by Gasteiger charge is 2.43. The number of fused-ring (bicyclic) bond motifs is 2. The quantitative estimate of drug-likeness (QED) is 0.649. The highest BCUT2D eigenvalue weighted by molar-refractivity contribution is 5.75. The van der Waals surface area contributed by atoms with Crippen LogP contribution in [0.5, 0.6) is 0 Å². The first-order valence-electron chi connectivity index (χ1n) is 4.89. The first-order chi connectivity index (χ1) is 7.13. The Balaban J connectivity index is 2.21. The predicted octanol–water partition coefficient (Wildman–Crippen LogP) is 0.714. The fourth-order valence-corrected chi connectivity index (χ4v) is 2.34. The van der Waals surface area contributed by atoms with Crippen LogP contribution in [0.1, 0.15) is 6.42 Å². The summed E-state index contributed by atoms with van der Waals surface area (Å²) in [5, 5.41) is 9.02. The Morgan fingerprint density at radius 1 is 1.47 bits per heavy atom. The van der Waals surface area contributed by atoms with Gasteiger partial charge in [0.15, 0.2) is 0 Å². The van der Waals surface area contributed by atoms with Crippen LogP contribution in [0, 0.1) is 11.8 Å². The molecule has 1 fully saturated rings. The molecule has 0 aromatic carbocycles. The minimum Gasteiger partial charge on any atom is -0.481 e. The van der Waals surface area contributed by atoms with Gasteiger partial charge in [0.1, 0.15) is 0 Å². The summed E-state index contributed by atoms with van der Waals surface area (Å²) in [5.74, 6) is -1.19. The molecule has 0 aromatic heterocycles. The Kier molecular flexibility index (Phi) is 2.38. The molecule has 0 aromatic rings. The van der Waals surface area contributed by atoms with Gasteiger partial charge < -0.3 is 14.7 Å². The molecule has 1 amide bonds. The van der Waals surface area contributed by atoms with Crippen LogP contribution >= 0.6 is 0 Å². The van der Waals surface area contributed by atoms with Gasteiger partial charge in [-0.1, -0.05) is 12.2 Å². The maximum Gasteiger partial charge on any atom is 0.410 e. The SMILES string of the molecule is COC(=O)N1C[C@H]2C=C[C@H]1[C@@H](C(=O)O)C2. The van der Waals surface area contributed by atoms with Gasteiger partial charge in [-0.3, -0.25) is 4.79 Å². The number of carbonyl (C=O) groups excluding carboxylic acids is 1. The molecule has 5 heteroatoms. The van der Waals surface area contributed by atoms with Crippen molar-refractivity contribution >= 4 is 12.1 Å². The molecule has 3 aliphatic rings. The minimum absolute atomic E-state index is 0.148. The Bertz CT molecular complexity index is 325. The van der Waals surface area contributed by atoms with Crippen molar-refractivity contribution in [1.29, 1.82) is 0 Å². The molecule has 2 heterocycles. The molecule has 1 N–H and O–H groups in total. The van der Waals surface area contributed by atoms with Gasteiger partial charge in [0.05, 0.1) is 19.1 Å². The summed E-state index contributed by atoms with van der Waals surface area (Å²) < 4.78 is 4.63. The summed E-state index contributed by atoms with van der Waals surface area (Å²) in [6.07, 6.45) is 3.96. The Morgan fingerprint density at radius 3 is 2.73 bits per heavy atom. The smallest absolute Gasteiger partial charge is 0.410 e. The van der Waals surface area contributed by atoms with Crippen molar-refractivity contribution < 1.29 is 19.4 Å². The Hall–Kier alpha value is -1.52.